The molecule has 0 bridgehead atoms. The van der Waals surface area contributed by atoms with Gasteiger partial charge in [0.2, 0.25) is 11.8 Å². The Morgan fingerprint density at radius 2 is 1.68 bits per heavy atom. The molecular weight excluding hydrogens is 564 g/mol. The lowest BCUT2D eigenvalue weighted by atomic mass is 9.93. The third-order valence-corrected chi connectivity index (χ3v) is 7.75. The lowest BCUT2D eigenvalue weighted by Gasteiger charge is -2.26. The van der Waals surface area contributed by atoms with Crippen LogP contribution in [0, 0.1) is 11.8 Å². The van der Waals surface area contributed by atoms with Gasteiger partial charge in [-0.25, -0.2) is 4.79 Å². The molecule has 0 spiro atoms. The third kappa shape index (κ3) is 9.41. The van der Waals surface area contributed by atoms with Crippen LogP contribution >= 0.6 is 0 Å². The number of cyclic esters (lactones) is 2. The normalized spacial score (nSPS) is 25.8. The Bertz CT molecular complexity index is 1310. The van der Waals surface area contributed by atoms with E-state index in [4.69, 9.17) is 18.9 Å². The summed E-state index contributed by atoms with van der Waals surface area (Å²) in [6, 6.07) is 16.1. The summed E-state index contributed by atoms with van der Waals surface area (Å²) < 4.78 is 22.7. The van der Waals surface area contributed by atoms with Crippen LogP contribution in [0.1, 0.15) is 57.3 Å². The van der Waals surface area contributed by atoms with Crippen molar-refractivity contribution in [2.45, 2.75) is 76.9 Å². The van der Waals surface area contributed by atoms with Gasteiger partial charge >= 0.3 is 11.9 Å². The van der Waals surface area contributed by atoms with Gasteiger partial charge in [0.1, 0.15) is 24.0 Å². The molecule has 44 heavy (non-hydrogen) atoms. The zero-order valence-corrected chi connectivity index (χ0v) is 25.7. The van der Waals surface area contributed by atoms with E-state index >= 15 is 0 Å². The zero-order chi connectivity index (χ0) is 31.6. The molecule has 10 heteroatoms. The van der Waals surface area contributed by atoms with Crippen molar-refractivity contribution in [3.63, 3.8) is 0 Å². The number of carbonyl (C=O) groups is 4. The van der Waals surface area contributed by atoms with E-state index in [1.165, 1.54) is 6.08 Å². The quantitative estimate of drug-likeness (QED) is 0.342. The minimum absolute atomic E-state index is 0.0223. The van der Waals surface area contributed by atoms with E-state index < -0.39 is 42.0 Å². The molecule has 2 aromatic carbocycles. The fraction of sp³-hybridized carbons (Fsp3) is 0.471. The van der Waals surface area contributed by atoms with E-state index in [9.17, 15) is 19.2 Å². The average molecular weight is 607 g/mol. The molecular formula is C34H42N2O8. The maximum atomic E-state index is 13.3. The van der Waals surface area contributed by atoms with Gasteiger partial charge in [0.15, 0.2) is 6.10 Å². The predicted octanol–water partition coefficient (Wildman–Crippen LogP) is 3.83. The number of esters is 2. The molecule has 2 aliphatic rings. The molecule has 0 aromatic heterocycles. The van der Waals surface area contributed by atoms with E-state index in [0.29, 0.717) is 5.75 Å². The molecule has 2 aliphatic heterocycles. The van der Waals surface area contributed by atoms with Gasteiger partial charge in [0.25, 0.3) is 0 Å². The number of epoxide rings is 1. The molecule has 2 amide bonds. The number of benzene rings is 2. The topological polar surface area (TPSA) is 133 Å². The molecule has 6 atom stereocenters. The Kier molecular flexibility index (Phi) is 11.5. The first-order valence-electron chi connectivity index (χ1n) is 15.1. The Morgan fingerprint density at radius 3 is 2.36 bits per heavy atom. The monoisotopic (exact) mass is 606 g/mol. The first-order chi connectivity index (χ1) is 21.1. The Labute approximate surface area is 258 Å². The predicted molar refractivity (Wildman–Crippen MR) is 162 cm³/mol. The molecule has 2 heterocycles. The highest BCUT2D eigenvalue weighted by molar-refractivity contribution is 5.93. The molecule has 10 nitrogen and oxygen atoms in total. The number of methoxy groups -OCH3 is 1. The molecule has 0 radical (unpaired) electrons. The summed E-state index contributed by atoms with van der Waals surface area (Å²) in [6.45, 7) is 5.77. The first kappa shape index (κ1) is 32.7. The number of hydrogen-bond acceptors (Lipinski definition) is 8. The van der Waals surface area contributed by atoms with Gasteiger partial charge in [0, 0.05) is 25.3 Å². The summed E-state index contributed by atoms with van der Waals surface area (Å²) in [6.07, 6.45) is 1.50. The van der Waals surface area contributed by atoms with Crippen molar-refractivity contribution in [1.29, 1.82) is 0 Å². The van der Waals surface area contributed by atoms with Gasteiger partial charge < -0.3 is 29.6 Å². The van der Waals surface area contributed by atoms with E-state index in [2.05, 4.69) is 10.6 Å². The highest BCUT2D eigenvalue weighted by atomic mass is 16.6. The van der Waals surface area contributed by atoms with Gasteiger partial charge in [0.05, 0.1) is 19.6 Å². The van der Waals surface area contributed by atoms with Crippen LogP contribution in [-0.4, -0.2) is 61.8 Å². The summed E-state index contributed by atoms with van der Waals surface area (Å²) in [4.78, 5) is 52.2. The largest absolute Gasteiger partial charge is 0.497 e. The van der Waals surface area contributed by atoms with Gasteiger partial charge in [-0.15, -0.1) is 0 Å². The number of amides is 2. The van der Waals surface area contributed by atoms with Gasteiger partial charge in [-0.2, -0.15) is 0 Å². The standard InChI is InChI=1S/C34H42N2O8/c1-21(2)19-28-34(40)43-27(22(3)31-32(44-31)24-9-6-5-7-10-24)11-8-12-29(37)36-26(33(39)35-18-17-30(38)42-28)20-23-13-15-25(41-4)16-14-23/h5-10,12-16,21-22,26-28,31-32H,11,17-20H2,1-4H3,(H,35,39)(H,36,37)/t22-,26+,27-,28-,31+,32+/m0/s1. The molecule has 0 saturated carbocycles. The number of ether oxygens (including phenoxy) is 4. The highest BCUT2D eigenvalue weighted by Gasteiger charge is 2.47. The van der Waals surface area contributed by atoms with E-state index in [1.54, 1.807) is 25.3 Å². The second kappa shape index (κ2) is 15.5. The maximum Gasteiger partial charge on any atom is 0.347 e. The van der Waals surface area contributed by atoms with E-state index in [1.807, 2.05) is 63.2 Å². The van der Waals surface area contributed by atoms with E-state index in [0.717, 1.165) is 11.1 Å². The fourth-order valence-electron chi connectivity index (χ4n) is 5.23. The van der Waals surface area contributed by atoms with E-state index in [-0.39, 0.29) is 56.3 Å². The van der Waals surface area contributed by atoms with Gasteiger partial charge in [-0.1, -0.05) is 69.3 Å². The number of carbonyl (C=O) groups excluding carboxylic acids is 4. The molecule has 0 aliphatic carbocycles. The highest BCUT2D eigenvalue weighted by Crippen LogP contribution is 2.45. The SMILES string of the molecule is COc1ccc(C[C@H]2NC(=O)C=CC[C@@H]([C@H](C)[C@H]3O[C@@H]3c3ccccc3)OC(=O)[C@H](CC(C)C)OC(=O)CCNC2=O)cc1. The third-order valence-electron chi connectivity index (χ3n) is 7.75. The zero-order valence-electron chi connectivity index (χ0n) is 25.7. The maximum absolute atomic E-state index is 13.3. The van der Waals surface area contributed by atoms with Gasteiger partial charge in [-0.3, -0.25) is 14.4 Å². The van der Waals surface area contributed by atoms with Gasteiger partial charge in [-0.05, 0) is 41.7 Å². The van der Waals surface area contributed by atoms with Crippen molar-refractivity contribution in [1.82, 2.24) is 10.6 Å². The number of rotatable bonds is 8. The van der Waals surface area contributed by atoms with Crippen LogP contribution in [0.4, 0.5) is 0 Å². The second-order valence-electron chi connectivity index (χ2n) is 11.7. The second-order valence-corrected chi connectivity index (χ2v) is 11.7. The van der Waals surface area contributed by atoms with Crippen molar-refractivity contribution in [2.24, 2.45) is 11.8 Å². The molecule has 4 rings (SSSR count). The van der Waals surface area contributed by atoms with Crippen molar-refractivity contribution in [3.8, 4) is 5.75 Å². The molecule has 1 fully saturated rings. The van der Waals surface area contributed by atoms with Crippen LogP contribution in [0.2, 0.25) is 0 Å². The van der Waals surface area contributed by atoms with Crippen LogP contribution in [0.25, 0.3) is 0 Å². The van der Waals surface area contributed by atoms with Crippen LogP contribution in [0.3, 0.4) is 0 Å². The smallest absolute Gasteiger partial charge is 0.347 e. The summed E-state index contributed by atoms with van der Waals surface area (Å²) in [5.41, 5.74) is 1.85. The number of hydrogen-bond donors (Lipinski definition) is 2. The van der Waals surface area contributed by atoms with Crippen molar-refractivity contribution in [3.05, 3.63) is 77.9 Å². The molecule has 2 aromatic rings. The molecule has 0 unspecified atom stereocenters. The average Bonchev–Trinajstić information content (AvgIpc) is 3.81. The minimum atomic E-state index is -1.10. The summed E-state index contributed by atoms with van der Waals surface area (Å²) in [5, 5.41) is 5.47. The summed E-state index contributed by atoms with van der Waals surface area (Å²) in [7, 11) is 1.57. The lowest BCUT2D eigenvalue weighted by molar-refractivity contribution is -0.174. The van der Waals surface area contributed by atoms with Crippen LogP contribution in [0.15, 0.2) is 66.7 Å². The Morgan fingerprint density at radius 1 is 0.955 bits per heavy atom. The van der Waals surface area contributed by atoms with Crippen LogP contribution < -0.4 is 15.4 Å². The minimum Gasteiger partial charge on any atom is -0.497 e. The molecule has 1 saturated heterocycles. The summed E-state index contributed by atoms with van der Waals surface area (Å²) in [5.74, 6) is -1.67. The van der Waals surface area contributed by atoms with Crippen molar-refractivity contribution < 1.29 is 38.1 Å². The van der Waals surface area contributed by atoms with Crippen molar-refractivity contribution in [2.75, 3.05) is 13.7 Å². The fourth-order valence-corrected chi connectivity index (χ4v) is 5.23. The van der Waals surface area contributed by atoms with Crippen LogP contribution in [-0.2, 0) is 39.8 Å². The lowest BCUT2D eigenvalue weighted by Crippen LogP contribution is -2.48. The summed E-state index contributed by atoms with van der Waals surface area (Å²) >= 11 is 0. The van der Waals surface area contributed by atoms with Crippen molar-refractivity contribution >= 4 is 23.8 Å². The number of nitrogens with one attached hydrogen (secondary N) is 2. The Balaban J connectivity index is 1.54. The Hall–Kier alpha value is -4.18. The van der Waals surface area contributed by atoms with Crippen LogP contribution in [0.5, 0.6) is 5.75 Å². The molecule has 2 N–H and O–H groups in total. The molecule has 236 valence electrons. The first-order valence-corrected chi connectivity index (χ1v) is 15.1.